The van der Waals surface area contributed by atoms with Crippen LogP contribution in [0.2, 0.25) is 0 Å². The number of benzene rings is 2. The van der Waals surface area contributed by atoms with Gasteiger partial charge in [0.2, 0.25) is 0 Å². The van der Waals surface area contributed by atoms with Gasteiger partial charge >= 0.3 is 0 Å². The number of hydrogen-bond acceptors (Lipinski definition) is 3. The van der Waals surface area contributed by atoms with Crippen molar-refractivity contribution in [2.45, 2.75) is 6.54 Å². The molecule has 0 fully saturated rings. The summed E-state index contributed by atoms with van der Waals surface area (Å²) in [5, 5.41) is 9.55. The van der Waals surface area contributed by atoms with Crippen molar-refractivity contribution in [2.75, 3.05) is 5.32 Å². The average Bonchev–Trinajstić information content (AvgIpc) is 3.02. The third-order valence-electron chi connectivity index (χ3n) is 3.76. The van der Waals surface area contributed by atoms with Crippen molar-refractivity contribution in [3.63, 3.8) is 0 Å². The number of amides is 2. The van der Waals surface area contributed by atoms with E-state index in [-0.39, 0.29) is 29.9 Å². The Kier molecular flexibility index (Phi) is 5.07. The molecule has 0 aliphatic carbocycles. The molecule has 0 saturated carbocycles. The zero-order chi connectivity index (χ0) is 18.5. The van der Waals surface area contributed by atoms with Gasteiger partial charge < -0.3 is 10.6 Å². The van der Waals surface area contributed by atoms with E-state index in [1.165, 1.54) is 22.9 Å². The second-order valence-electron chi connectivity index (χ2n) is 5.67. The number of hydrogen-bond donors (Lipinski definition) is 2. The van der Waals surface area contributed by atoms with Gasteiger partial charge in [-0.15, -0.1) is 0 Å². The van der Waals surface area contributed by atoms with Crippen LogP contribution in [0.4, 0.5) is 10.2 Å². The lowest BCUT2D eigenvalue weighted by molar-refractivity contribution is 0.0944. The number of aryl methyl sites for hydroxylation is 1. The summed E-state index contributed by atoms with van der Waals surface area (Å²) in [6.45, 7) is 0.251. The van der Waals surface area contributed by atoms with Crippen LogP contribution in [0.25, 0.3) is 0 Å². The molecule has 2 N–H and O–H groups in total. The third-order valence-corrected chi connectivity index (χ3v) is 3.76. The number of carbonyl (C=O) groups excluding carboxylic acids is 2. The molecule has 2 aromatic carbocycles. The molecule has 1 heterocycles. The van der Waals surface area contributed by atoms with Gasteiger partial charge in [-0.3, -0.25) is 14.3 Å². The summed E-state index contributed by atoms with van der Waals surface area (Å²) in [6, 6.07) is 16.1. The summed E-state index contributed by atoms with van der Waals surface area (Å²) < 4.78 is 14.3. The maximum Gasteiger partial charge on any atom is 0.272 e. The van der Waals surface area contributed by atoms with Gasteiger partial charge in [0, 0.05) is 25.2 Å². The molecule has 0 aliphatic rings. The summed E-state index contributed by atoms with van der Waals surface area (Å²) in [5.74, 6) is -0.591. The second-order valence-corrected chi connectivity index (χ2v) is 5.67. The number of halogens is 1. The predicted octanol–water partition coefficient (Wildman–Crippen LogP) is 2.74. The molecular formula is C19H17FN4O2. The maximum absolute atomic E-state index is 12.9. The van der Waals surface area contributed by atoms with Gasteiger partial charge in [0.1, 0.15) is 11.6 Å². The molecule has 0 unspecified atom stereocenters. The molecule has 132 valence electrons. The largest absolute Gasteiger partial charge is 0.347 e. The van der Waals surface area contributed by atoms with E-state index < -0.39 is 0 Å². The lowest BCUT2D eigenvalue weighted by Gasteiger charge is -2.04. The van der Waals surface area contributed by atoms with Crippen LogP contribution in [-0.4, -0.2) is 21.6 Å². The SMILES string of the molecule is Cn1nc(C(=O)NCc2ccc(F)cc2)cc1NC(=O)c1ccccc1. The Hall–Kier alpha value is -3.48. The molecule has 0 bridgehead atoms. The van der Waals surface area contributed by atoms with Crippen LogP contribution in [0.5, 0.6) is 0 Å². The molecule has 2 amide bonds. The van der Waals surface area contributed by atoms with Crippen LogP contribution >= 0.6 is 0 Å². The molecule has 0 saturated heterocycles. The van der Waals surface area contributed by atoms with Crippen LogP contribution < -0.4 is 10.6 Å². The van der Waals surface area contributed by atoms with Crippen LogP contribution in [0.3, 0.4) is 0 Å². The first-order chi connectivity index (χ1) is 12.5. The van der Waals surface area contributed by atoms with Gasteiger partial charge in [-0.2, -0.15) is 5.10 Å². The lowest BCUT2D eigenvalue weighted by atomic mass is 10.2. The molecule has 6 nitrogen and oxygen atoms in total. The average molecular weight is 352 g/mol. The van der Waals surface area contributed by atoms with Crippen molar-refractivity contribution < 1.29 is 14.0 Å². The summed E-state index contributed by atoms with van der Waals surface area (Å²) in [5.41, 5.74) is 1.46. The van der Waals surface area contributed by atoms with Gasteiger partial charge in [-0.1, -0.05) is 30.3 Å². The highest BCUT2D eigenvalue weighted by Gasteiger charge is 2.15. The molecule has 26 heavy (non-hydrogen) atoms. The van der Waals surface area contributed by atoms with E-state index in [0.29, 0.717) is 11.4 Å². The highest BCUT2D eigenvalue weighted by Crippen LogP contribution is 2.12. The standard InChI is InChI=1S/C19H17FN4O2/c1-24-17(22-18(25)14-5-3-2-4-6-14)11-16(23-24)19(26)21-12-13-7-9-15(20)10-8-13/h2-11H,12H2,1H3,(H,21,26)(H,22,25). The van der Waals surface area contributed by atoms with E-state index in [0.717, 1.165) is 5.56 Å². The minimum atomic E-state index is -0.384. The number of carbonyl (C=O) groups is 2. The van der Waals surface area contributed by atoms with Crippen LogP contribution in [-0.2, 0) is 13.6 Å². The molecule has 0 aliphatic heterocycles. The Labute approximate surface area is 149 Å². The maximum atomic E-state index is 12.9. The van der Waals surface area contributed by atoms with Gasteiger partial charge in [-0.05, 0) is 29.8 Å². The summed E-state index contributed by atoms with van der Waals surface area (Å²) >= 11 is 0. The van der Waals surface area contributed by atoms with E-state index in [2.05, 4.69) is 15.7 Å². The van der Waals surface area contributed by atoms with Crippen molar-refractivity contribution >= 4 is 17.6 Å². The van der Waals surface area contributed by atoms with Gasteiger partial charge in [0.25, 0.3) is 11.8 Å². The second kappa shape index (κ2) is 7.60. The Bertz CT molecular complexity index is 920. The van der Waals surface area contributed by atoms with Gasteiger partial charge in [0.05, 0.1) is 0 Å². The molecule has 1 aromatic heterocycles. The van der Waals surface area contributed by atoms with Gasteiger partial charge in [-0.25, -0.2) is 4.39 Å². The normalized spacial score (nSPS) is 10.4. The van der Waals surface area contributed by atoms with Gasteiger partial charge in [0.15, 0.2) is 5.69 Å². The van der Waals surface area contributed by atoms with E-state index in [9.17, 15) is 14.0 Å². The zero-order valence-corrected chi connectivity index (χ0v) is 14.1. The predicted molar refractivity (Wildman–Crippen MR) is 95.2 cm³/mol. The number of nitrogens with zero attached hydrogens (tertiary/aromatic N) is 2. The monoisotopic (exact) mass is 352 g/mol. The number of aromatic nitrogens is 2. The Morgan fingerprint density at radius 1 is 1.04 bits per heavy atom. The molecule has 0 atom stereocenters. The molecule has 0 radical (unpaired) electrons. The van der Waals surface area contributed by atoms with E-state index in [4.69, 9.17) is 0 Å². The first kappa shape index (κ1) is 17.3. The fourth-order valence-corrected chi connectivity index (χ4v) is 2.35. The Morgan fingerprint density at radius 3 is 2.42 bits per heavy atom. The van der Waals surface area contributed by atoms with Crippen molar-refractivity contribution in [3.05, 3.63) is 83.3 Å². The summed E-state index contributed by atoms with van der Waals surface area (Å²) in [4.78, 5) is 24.4. The first-order valence-corrected chi connectivity index (χ1v) is 7.96. The Balaban J connectivity index is 1.64. The van der Waals surface area contributed by atoms with Crippen molar-refractivity contribution in [2.24, 2.45) is 7.05 Å². The van der Waals surface area contributed by atoms with Crippen molar-refractivity contribution in [1.82, 2.24) is 15.1 Å². The first-order valence-electron chi connectivity index (χ1n) is 7.96. The smallest absolute Gasteiger partial charge is 0.272 e. The molecule has 7 heteroatoms. The number of nitrogens with one attached hydrogen (secondary N) is 2. The third kappa shape index (κ3) is 4.13. The minimum Gasteiger partial charge on any atom is -0.347 e. The molecule has 3 rings (SSSR count). The fraction of sp³-hybridized carbons (Fsp3) is 0.105. The fourth-order valence-electron chi connectivity index (χ4n) is 2.35. The molecular weight excluding hydrogens is 335 g/mol. The summed E-state index contributed by atoms with van der Waals surface area (Å²) in [7, 11) is 1.64. The summed E-state index contributed by atoms with van der Waals surface area (Å²) in [6.07, 6.45) is 0. The van der Waals surface area contributed by atoms with Crippen LogP contribution in [0.1, 0.15) is 26.4 Å². The van der Waals surface area contributed by atoms with Crippen molar-refractivity contribution in [1.29, 1.82) is 0 Å². The minimum absolute atomic E-state index is 0.179. The Morgan fingerprint density at radius 2 is 1.73 bits per heavy atom. The topological polar surface area (TPSA) is 76.0 Å². The zero-order valence-electron chi connectivity index (χ0n) is 14.1. The van der Waals surface area contributed by atoms with Crippen LogP contribution in [0, 0.1) is 5.82 Å². The van der Waals surface area contributed by atoms with E-state index >= 15 is 0 Å². The number of anilines is 1. The quantitative estimate of drug-likeness (QED) is 0.741. The molecule has 3 aromatic rings. The van der Waals surface area contributed by atoms with E-state index in [1.54, 1.807) is 43.4 Å². The number of rotatable bonds is 5. The van der Waals surface area contributed by atoms with Crippen LogP contribution in [0.15, 0.2) is 60.7 Å². The molecule has 0 spiro atoms. The highest BCUT2D eigenvalue weighted by atomic mass is 19.1. The highest BCUT2D eigenvalue weighted by molar-refractivity contribution is 6.04. The van der Waals surface area contributed by atoms with E-state index in [1.807, 2.05) is 6.07 Å². The van der Waals surface area contributed by atoms with Crippen molar-refractivity contribution in [3.8, 4) is 0 Å². The lowest BCUT2D eigenvalue weighted by Crippen LogP contribution is -2.23.